The van der Waals surface area contributed by atoms with Gasteiger partial charge in [0.2, 0.25) is 6.10 Å². The Kier molecular flexibility index (Phi) is 4.57. The quantitative estimate of drug-likeness (QED) is 0.923. The van der Waals surface area contributed by atoms with Crippen molar-refractivity contribution >= 4 is 28.9 Å². The maximum Gasteiger partial charge on any atom is 0.268 e. The molecule has 0 saturated heterocycles. The molecular weight excluding hydrogens is 328 g/mol. The van der Waals surface area contributed by atoms with Gasteiger partial charge >= 0.3 is 0 Å². The summed E-state index contributed by atoms with van der Waals surface area (Å²) in [6.07, 6.45) is 1.70. The predicted octanol–water partition coefficient (Wildman–Crippen LogP) is 3.30. The van der Waals surface area contributed by atoms with Crippen LogP contribution in [-0.2, 0) is 16.2 Å². The largest absolute Gasteiger partial charge is 0.382 e. The Morgan fingerprint density at radius 3 is 2.96 bits per heavy atom. The van der Waals surface area contributed by atoms with Crippen molar-refractivity contribution in [1.82, 2.24) is 9.78 Å². The second-order valence-corrected chi connectivity index (χ2v) is 6.13. The summed E-state index contributed by atoms with van der Waals surface area (Å²) in [7, 11) is 0. The van der Waals surface area contributed by atoms with E-state index in [1.54, 1.807) is 12.1 Å². The first-order valence-corrected chi connectivity index (χ1v) is 8.20. The van der Waals surface area contributed by atoms with Crippen LogP contribution in [-0.4, -0.2) is 27.5 Å². The fourth-order valence-electron chi connectivity index (χ4n) is 2.60. The summed E-state index contributed by atoms with van der Waals surface area (Å²) in [5, 5.41) is 11.9. The Morgan fingerprint density at radius 2 is 2.25 bits per heavy atom. The zero-order valence-electron chi connectivity index (χ0n) is 13.8. The Bertz CT molecular complexity index is 813. The van der Waals surface area contributed by atoms with Crippen LogP contribution in [0.3, 0.4) is 0 Å². The van der Waals surface area contributed by atoms with Crippen molar-refractivity contribution in [2.45, 2.75) is 39.8 Å². The van der Waals surface area contributed by atoms with Crippen molar-refractivity contribution in [2.75, 3.05) is 5.32 Å². The molecule has 0 spiro atoms. The monoisotopic (exact) mass is 346 g/mol. The number of oxime groups is 1. The van der Waals surface area contributed by atoms with E-state index < -0.39 is 6.10 Å². The van der Waals surface area contributed by atoms with Gasteiger partial charge in [0.25, 0.3) is 5.91 Å². The van der Waals surface area contributed by atoms with Gasteiger partial charge in [-0.25, -0.2) is 0 Å². The summed E-state index contributed by atoms with van der Waals surface area (Å²) in [5.41, 5.74) is 4.05. The SMILES string of the molecule is CCn1cc(C2=NOC(C(=O)Nc3cccc(Cl)c3C)C2)c(C)n1. The van der Waals surface area contributed by atoms with E-state index in [0.717, 1.165) is 29.1 Å². The summed E-state index contributed by atoms with van der Waals surface area (Å²) in [5.74, 6) is -0.236. The number of nitrogens with one attached hydrogen (secondary N) is 1. The number of carbonyl (C=O) groups excluding carboxylic acids is 1. The zero-order valence-corrected chi connectivity index (χ0v) is 14.6. The number of hydrogen-bond donors (Lipinski definition) is 1. The van der Waals surface area contributed by atoms with Crippen molar-refractivity contribution in [3.05, 3.63) is 46.2 Å². The molecule has 2 heterocycles. The number of rotatable bonds is 4. The zero-order chi connectivity index (χ0) is 17.3. The smallest absolute Gasteiger partial charge is 0.268 e. The van der Waals surface area contributed by atoms with Gasteiger partial charge in [0, 0.05) is 35.4 Å². The van der Waals surface area contributed by atoms with Crippen LogP contribution < -0.4 is 5.32 Å². The molecule has 6 nitrogen and oxygen atoms in total. The van der Waals surface area contributed by atoms with Crippen LogP contribution >= 0.6 is 11.6 Å². The minimum Gasteiger partial charge on any atom is -0.382 e. The minimum atomic E-state index is -0.650. The maximum absolute atomic E-state index is 12.4. The highest BCUT2D eigenvalue weighted by Gasteiger charge is 2.30. The first-order chi connectivity index (χ1) is 11.5. The summed E-state index contributed by atoms with van der Waals surface area (Å²) in [6, 6.07) is 5.39. The van der Waals surface area contributed by atoms with Gasteiger partial charge in [0.05, 0.1) is 11.4 Å². The number of aryl methyl sites for hydroxylation is 2. The normalized spacial score (nSPS) is 16.7. The topological polar surface area (TPSA) is 68.5 Å². The molecule has 0 saturated carbocycles. The Labute approximate surface area is 145 Å². The van der Waals surface area contributed by atoms with Crippen LogP contribution in [0.25, 0.3) is 0 Å². The Hall–Kier alpha value is -2.34. The maximum atomic E-state index is 12.4. The Morgan fingerprint density at radius 1 is 1.46 bits per heavy atom. The molecule has 1 aromatic carbocycles. The Balaban J connectivity index is 1.69. The van der Waals surface area contributed by atoms with E-state index in [4.69, 9.17) is 16.4 Å². The summed E-state index contributed by atoms with van der Waals surface area (Å²) < 4.78 is 1.84. The molecule has 1 aromatic heterocycles. The van der Waals surface area contributed by atoms with E-state index in [1.165, 1.54) is 0 Å². The van der Waals surface area contributed by atoms with Crippen LogP contribution in [0.4, 0.5) is 5.69 Å². The summed E-state index contributed by atoms with van der Waals surface area (Å²) in [6.45, 7) is 6.59. The van der Waals surface area contributed by atoms with Gasteiger partial charge in [-0.05, 0) is 38.5 Å². The average Bonchev–Trinajstić information content (AvgIpc) is 3.18. The first kappa shape index (κ1) is 16.5. The van der Waals surface area contributed by atoms with Crippen molar-refractivity contribution in [1.29, 1.82) is 0 Å². The highest BCUT2D eigenvalue weighted by Crippen LogP contribution is 2.25. The fraction of sp³-hybridized carbons (Fsp3) is 0.353. The molecular formula is C17H19ClN4O2. The number of carbonyl (C=O) groups is 1. The molecule has 3 rings (SSSR count). The van der Waals surface area contributed by atoms with Crippen LogP contribution in [0.2, 0.25) is 5.02 Å². The third-order valence-electron chi connectivity index (χ3n) is 4.07. The number of anilines is 1. The van der Waals surface area contributed by atoms with Gasteiger partial charge < -0.3 is 10.2 Å². The molecule has 1 atom stereocenters. The molecule has 126 valence electrons. The molecule has 24 heavy (non-hydrogen) atoms. The number of hydrogen-bond acceptors (Lipinski definition) is 4. The van der Waals surface area contributed by atoms with Crippen LogP contribution in [0.5, 0.6) is 0 Å². The van der Waals surface area contributed by atoms with Gasteiger partial charge in [-0.15, -0.1) is 0 Å². The second kappa shape index (κ2) is 6.65. The molecule has 0 fully saturated rings. The third-order valence-corrected chi connectivity index (χ3v) is 4.48. The molecule has 1 N–H and O–H groups in total. The number of benzene rings is 1. The van der Waals surface area contributed by atoms with Gasteiger partial charge in [0.15, 0.2) is 0 Å². The van der Waals surface area contributed by atoms with Gasteiger partial charge in [-0.3, -0.25) is 9.48 Å². The van der Waals surface area contributed by atoms with Gasteiger partial charge in [-0.1, -0.05) is 22.8 Å². The standard InChI is InChI=1S/C17H19ClN4O2/c1-4-22-9-12(11(3)20-22)15-8-16(24-21-15)17(23)19-14-7-5-6-13(18)10(14)2/h5-7,9,16H,4,8H2,1-3H3,(H,19,23). The van der Waals surface area contributed by atoms with Crippen molar-refractivity contribution in [3.63, 3.8) is 0 Å². The highest BCUT2D eigenvalue weighted by molar-refractivity contribution is 6.31. The van der Waals surface area contributed by atoms with E-state index >= 15 is 0 Å². The average molecular weight is 347 g/mol. The third kappa shape index (κ3) is 3.14. The lowest BCUT2D eigenvalue weighted by molar-refractivity contribution is -0.125. The van der Waals surface area contributed by atoms with E-state index in [2.05, 4.69) is 15.6 Å². The molecule has 2 aromatic rings. The molecule has 1 amide bonds. The lowest BCUT2D eigenvalue weighted by atomic mass is 10.1. The minimum absolute atomic E-state index is 0.236. The molecule has 1 aliphatic rings. The lowest BCUT2D eigenvalue weighted by Gasteiger charge is -2.12. The van der Waals surface area contributed by atoms with E-state index in [9.17, 15) is 4.79 Å². The van der Waals surface area contributed by atoms with Crippen LogP contribution in [0, 0.1) is 13.8 Å². The number of amides is 1. The fourth-order valence-corrected chi connectivity index (χ4v) is 2.77. The van der Waals surface area contributed by atoms with E-state index in [0.29, 0.717) is 17.1 Å². The predicted molar refractivity (Wildman–Crippen MR) is 93.5 cm³/mol. The van der Waals surface area contributed by atoms with Crippen molar-refractivity contribution < 1.29 is 9.63 Å². The molecule has 7 heteroatoms. The molecule has 0 aliphatic carbocycles. The number of halogens is 1. The van der Waals surface area contributed by atoms with Crippen LogP contribution in [0.1, 0.15) is 30.2 Å². The number of nitrogens with zero attached hydrogens (tertiary/aromatic N) is 3. The molecule has 1 unspecified atom stereocenters. The highest BCUT2D eigenvalue weighted by atomic mass is 35.5. The summed E-state index contributed by atoms with van der Waals surface area (Å²) in [4.78, 5) is 17.8. The van der Waals surface area contributed by atoms with Crippen molar-refractivity contribution in [3.8, 4) is 0 Å². The van der Waals surface area contributed by atoms with Gasteiger partial charge in [-0.2, -0.15) is 5.10 Å². The van der Waals surface area contributed by atoms with Crippen molar-refractivity contribution in [2.24, 2.45) is 5.16 Å². The number of aromatic nitrogens is 2. The second-order valence-electron chi connectivity index (χ2n) is 5.72. The van der Waals surface area contributed by atoms with Gasteiger partial charge in [0.1, 0.15) is 0 Å². The van der Waals surface area contributed by atoms with E-state index in [1.807, 2.05) is 37.7 Å². The first-order valence-electron chi connectivity index (χ1n) is 7.82. The lowest BCUT2D eigenvalue weighted by Crippen LogP contribution is -2.28. The van der Waals surface area contributed by atoms with Crippen LogP contribution in [0.15, 0.2) is 29.6 Å². The van der Waals surface area contributed by atoms with E-state index in [-0.39, 0.29) is 5.91 Å². The molecule has 1 aliphatic heterocycles. The molecule has 0 radical (unpaired) electrons. The molecule has 0 bridgehead atoms. The summed E-state index contributed by atoms with van der Waals surface area (Å²) >= 11 is 6.08.